The second-order valence-corrected chi connectivity index (χ2v) is 10.8. The molecule has 4 bridgehead atoms. The van der Waals surface area contributed by atoms with Gasteiger partial charge in [-0.05, 0) is 51.5 Å². The second kappa shape index (κ2) is 4.93. The van der Waals surface area contributed by atoms with E-state index in [1.165, 1.54) is 7.05 Å². The van der Waals surface area contributed by atoms with Crippen molar-refractivity contribution in [2.75, 3.05) is 20.1 Å². The molecule has 3 atom stereocenters. The molecule has 1 heterocycles. The highest BCUT2D eigenvalue weighted by Gasteiger charge is 2.66. The number of carbonyl (C=O) groups excluding carboxylic acids is 1. The third kappa shape index (κ3) is 2.41. The van der Waals surface area contributed by atoms with Gasteiger partial charge >= 0.3 is 0 Å². The van der Waals surface area contributed by atoms with Gasteiger partial charge in [-0.2, -0.15) is 0 Å². The predicted octanol–water partition coefficient (Wildman–Crippen LogP) is -0.417. The van der Waals surface area contributed by atoms with Crippen molar-refractivity contribution in [3.05, 3.63) is 0 Å². The summed E-state index contributed by atoms with van der Waals surface area (Å²) >= 11 is 0. The summed E-state index contributed by atoms with van der Waals surface area (Å²) in [6, 6.07) is 0. The number of nitrogens with zero attached hydrogens (tertiary/aromatic N) is 1. The van der Waals surface area contributed by atoms with E-state index < -0.39 is 31.9 Å². The summed E-state index contributed by atoms with van der Waals surface area (Å²) in [5.74, 6) is 0.108. The zero-order valence-corrected chi connectivity index (χ0v) is 14.8. The maximum Gasteiger partial charge on any atom is 0.229 e. The smallest absolute Gasteiger partial charge is 0.229 e. The minimum absolute atomic E-state index is 0.0720. The van der Waals surface area contributed by atoms with Gasteiger partial charge < -0.3 is 15.1 Å². The Morgan fingerprint density at radius 1 is 1.12 bits per heavy atom. The number of hydrogen-bond acceptors (Lipinski definition) is 5. The molecule has 1 saturated heterocycles. The highest BCUT2D eigenvalue weighted by Crippen LogP contribution is 2.63. The van der Waals surface area contributed by atoms with E-state index in [4.69, 9.17) is 0 Å². The molecule has 136 valence electrons. The Morgan fingerprint density at radius 3 is 2.29 bits per heavy atom. The van der Waals surface area contributed by atoms with Crippen molar-refractivity contribution in [2.24, 2.45) is 11.3 Å². The normalized spacial score (nSPS) is 47.4. The number of likely N-dealkylation sites (tertiary alicyclic amines) is 1. The van der Waals surface area contributed by atoms with Crippen LogP contribution in [-0.4, -0.2) is 66.0 Å². The fourth-order valence-electron chi connectivity index (χ4n) is 6.24. The lowest BCUT2D eigenvalue weighted by molar-refractivity contribution is -0.231. The molecule has 0 aromatic heterocycles. The monoisotopic (exact) mass is 358 g/mol. The van der Waals surface area contributed by atoms with Crippen molar-refractivity contribution in [3.8, 4) is 0 Å². The predicted molar refractivity (Wildman–Crippen MR) is 86.5 cm³/mol. The lowest BCUT2D eigenvalue weighted by Crippen LogP contribution is -2.66. The van der Waals surface area contributed by atoms with Crippen molar-refractivity contribution >= 4 is 15.9 Å². The SMILES string of the molecule is CNS(=O)(=O)C1CCN(C(=O)C23CC4CC(O)(CC(O)(C4)C2)C3)C1. The molecule has 0 spiro atoms. The first-order valence-electron chi connectivity index (χ1n) is 8.75. The van der Waals surface area contributed by atoms with Crippen molar-refractivity contribution < 1.29 is 23.4 Å². The van der Waals surface area contributed by atoms with Crippen molar-refractivity contribution in [1.29, 1.82) is 0 Å². The Labute approximate surface area is 142 Å². The van der Waals surface area contributed by atoms with Crippen LogP contribution >= 0.6 is 0 Å². The zero-order chi connectivity index (χ0) is 17.4. The van der Waals surface area contributed by atoms with Crippen LogP contribution in [0.5, 0.6) is 0 Å². The van der Waals surface area contributed by atoms with E-state index in [1.807, 2.05) is 0 Å². The van der Waals surface area contributed by atoms with Crippen LogP contribution in [-0.2, 0) is 14.8 Å². The Morgan fingerprint density at radius 2 is 1.75 bits per heavy atom. The van der Waals surface area contributed by atoms with Crippen LogP contribution in [0.25, 0.3) is 0 Å². The van der Waals surface area contributed by atoms with Crippen LogP contribution in [0.1, 0.15) is 44.9 Å². The highest BCUT2D eigenvalue weighted by molar-refractivity contribution is 7.90. The molecule has 7 nitrogen and oxygen atoms in total. The molecule has 5 fully saturated rings. The summed E-state index contributed by atoms with van der Waals surface area (Å²) in [5.41, 5.74) is -2.61. The molecule has 24 heavy (non-hydrogen) atoms. The number of carbonyl (C=O) groups is 1. The molecule has 0 aromatic carbocycles. The molecule has 1 amide bonds. The highest BCUT2D eigenvalue weighted by atomic mass is 32.2. The van der Waals surface area contributed by atoms with Crippen LogP contribution in [0.2, 0.25) is 0 Å². The van der Waals surface area contributed by atoms with Crippen LogP contribution in [0.3, 0.4) is 0 Å². The minimum atomic E-state index is -3.39. The Bertz CT molecular complexity index is 660. The minimum Gasteiger partial charge on any atom is -0.390 e. The van der Waals surface area contributed by atoms with E-state index in [1.54, 1.807) is 4.90 Å². The molecule has 3 N–H and O–H groups in total. The largest absolute Gasteiger partial charge is 0.390 e. The van der Waals surface area contributed by atoms with Crippen LogP contribution in [0.4, 0.5) is 0 Å². The molecule has 3 unspecified atom stereocenters. The number of hydrogen-bond donors (Lipinski definition) is 3. The summed E-state index contributed by atoms with van der Waals surface area (Å²) in [5, 5.41) is 21.0. The number of rotatable bonds is 3. The summed E-state index contributed by atoms with van der Waals surface area (Å²) in [7, 11) is -1.99. The van der Waals surface area contributed by atoms with Crippen molar-refractivity contribution in [1.82, 2.24) is 9.62 Å². The van der Waals surface area contributed by atoms with Gasteiger partial charge in [0.1, 0.15) is 0 Å². The summed E-state index contributed by atoms with van der Waals surface area (Å²) in [6.45, 7) is 0.624. The van der Waals surface area contributed by atoms with Crippen LogP contribution in [0.15, 0.2) is 0 Å². The standard InChI is InChI=1S/C16H26N2O5S/c1-17-24(22,23)12-2-3-18(7-12)13(19)14-4-11-5-15(20,8-14)10-16(21,6-11)9-14/h11-12,17,20-21H,2-10H2,1H3. The van der Waals surface area contributed by atoms with E-state index in [-0.39, 0.29) is 18.4 Å². The van der Waals surface area contributed by atoms with Gasteiger partial charge in [-0.3, -0.25) is 4.79 Å². The van der Waals surface area contributed by atoms with Crippen LogP contribution < -0.4 is 4.72 Å². The van der Waals surface area contributed by atoms with Gasteiger partial charge in [0.25, 0.3) is 0 Å². The van der Waals surface area contributed by atoms with Crippen molar-refractivity contribution in [3.63, 3.8) is 0 Å². The fraction of sp³-hybridized carbons (Fsp3) is 0.938. The number of sulfonamides is 1. The summed E-state index contributed by atoms with van der Waals surface area (Å²) < 4.78 is 26.3. The van der Waals surface area contributed by atoms with Gasteiger partial charge in [-0.1, -0.05) is 0 Å². The quantitative estimate of drug-likeness (QED) is 0.635. The van der Waals surface area contributed by atoms with Gasteiger partial charge in [0.15, 0.2) is 0 Å². The molecule has 5 aliphatic rings. The van der Waals surface area contributed by atoms with E-state index >= 15 is 0 Å². The summed E-state index contributed by atoms with van der Waals surface area (Å²) in [4.78, 5) is 14.9. The molecule has 5 rings (SSSR count). The van der Waals surface area contributed by atoms with E-state index in [9.17, 15) is 23.4 Å². The van der Waals surface area contributed by atoms with E-state index in [2.05, 4.69) is 4.72 Å². The average molecular weight is 358 g/mol. The third-order valence-electron chi connectivity index (χ3n) is 6.62. The Hall–Kier alpha value is -0.700. The molecule has 1 aliphatic heterocycles. The lowest BCUT2D eigenvalue weighted by Gasteiger charge is -2.62. The maximum absolute atomic E-state index is 13.2. The molecule has 0 aromatic rings. The molecule has 8 heteroatoms. The van der Waals surface area contributed by atoms with Crippen molar-refractivity contribution in [2.45, 2.75) is 61.4 Å². The van der Waals surface area contributed by atoms with Gasteiger partial charge in [-0.15, -0.1) is 0 Å². The molecule has 0 radical (unpaired) electrons. The lowest BCUT2D eigenvalue weighted by atomic mass is 9.46. The van der Waals surface area contributed by atoms with Crippen LogP contribution in [0, 0.1) is 11.3 Å². The third-order valence-corrected chi connectivity index (χ3v) is 8.45. The van der Waals surface area contributed by atoms with Gasteiger partial charge in [0.05, 0.1) is 21.9 Å². The second-order valence-electron chi connectivity index (χ2n) is 8.65. The summed E-state index contributed by atoms with van der Waals surface area (Å²) in [6.07, 6.45) is 3.64. The molecule has 4 saturated carbocycles. The molecule has 4 aliphatic carbocycles. The maximum atomic E-state index is 13.2. The van der Waals surface area contributed by atoms with Gasteiger partial charge in [0, 0.05) is 19.5 Å². The van der Waals surface area contributed by atoms with Gasteiger partial charge in [0.2, 0.25) is 15.9 Å². The molecular weight excluding hydrogens is 332 g/mol. The first-order chi connectivity index (χ1) is 11.1. The number of nitrogens with one attached hydrogen (secondary N) is 1. The van der Waals surface area contributed by atoms with E-state index in [0.29, 0.717) is 51.5 Å². The molecular formula is C16H26N2O5S. The Kier molecular flexibility index (Phi) is 3.44. The first kappa shape index (κ1) is 16.8. The Balaban J connectivity index is 1.57. The zero-order valence-electron chi connectivity index (χ0n) is 14.0. The average Bonchev–Trinajstić information content (AvgIpc) is 2.93. The van der Waals surface area contributed by atoms with E-state index in [0.717, 1.165) is 0 Å². The fourth-order valence-corrected chi connectivity index (χ4v) is 7.37. The topological polar surface area (TPSA) is 107 Å². The van der Waals surface area contributed by atoms with Gasteiger partial charge in [-0.25, -0.2) is 13.1 Å². The first-order valence-corrected chi connectivity index (χ1v) is 10.3. The number of aliphatic hydroxyl groups is 2. The number of amides is 1.